The fourth-order valence-corrected chi connectivity index (χ4v) is 2.65. The molecule has 0 spiro atoms. The average Bonchev–Trinajstić information content (AvgIpc) is 2.45. The first kappa shape index (κ1) is 16.0. The molecule has 3 nitrogen and oxygen atoms in total. The van der Waals surface area contributed by atoms with Crippen LogP contribution in [0.2, 0.25) is 5.02 Å². The number of benzene rings is 2. The van der Waals surface area contributed by atoms with E-state index in [4.69, 9.17) is 11.6 Å². The van der Waals surface area contributed by atoms with Gasteiger partial charge in [-0.1, -0.05) is 51.8 Å². The van der Waals surface area contributed by atoms with Gasteiger partial charge in [-0.3, -0.25) is 4.79 Å². The van der Waals surface area contributed by atoms with Gasteiger partial charge in [0.1, 0.15) is 0 Å². The van der Waals surface area contributed by atoms with E-state index in [9.17, 15) is 4.79 Å². The molecule has 110 valence electrons. The molecule has 0 aromatic heterocycles. The summed E-state index contributed by atoms with van der Waals surface area (Å²) in [7, 11) is 0. The standard InChI is InChI=1S/C16H16BrClN2O/c1-11(14-7-2-3-8-15(14)18)19-10-16(21)20-13-6-4-5-12(17)9-13/h2-9,11,19H,10H2,1H3,(H,20,21)/t11-/m1/s1. The third-order valence-corrected chi connectivity index (χ3v) is 3.89. The third kappa shape index (κ3) is 4.84. The number of hydrogen-bond donors (Lipinski definition) is 2. The van der Waals surface area contributed by atoms with E-state index in [0.717, 1.165) is 15.7 Å². The van der Waals surface area contributed by atoms with Crippen molar-refractivity contribution in [2.75, 3.05) is 11.9 Å². The van der Waals surface area contributed by atoms with Gasteiger partial charge in [-0.2, -0.15) is 0 Å². The number of halogens is 2. The van der Waals surface area contributed by atoms with Crippen LogP contribution in [-0.4, -0.2) is 12.5 Å². The highest BCUT2D eigenvalue weighted by Crippen LogP contribution is 2.22. The molecule has 2 aromatic carbocycles. The quantitative estimate of drug-likeness (QED) is 0.823. The molecule has 0 unspecified atom stereocenters. The fourth-order valence-electron chi connectivity index (χ4n) is 1.95. The first-order valence-corrected chi connectivity index (χ1v) is 7.76. The van der Waals surface area contributed by atoms with Gasteiger partial charge < -0.3 is 10.6 Å². The molecule has 0 aliphatic heterocycles. The summed E-state index contributed by atoms with van der Waals surface area (Å²) in [6, 6.07) is 15.1. The maximum Gasteiger partial charge on any atom is 0.238 e. The van der Waals surface area contributed by atoms with Crippen molar-refractivity contribution in [3.8, 4) is 0 Å². The molecular formula is C16H16BrClN2O. The Morgan fingerprint density at radius 2 is 2.00 bits per heavy atom. The second kappa shape index (κ2) is 7.59. The van der Waals surface area contributed by atoms with Gasteiger partial charge in [0.2, 0.25) is 5.91 Å². The van der Waals surface area contributed by atoms with E-state index in [-0.39, 0.29) is 18.5 Å². The lowest BCUT2D eigenvalue weighted by Gasteiger charge is -2.15. The summed E-state index contributed by atoms with van der Waals surface area (Å²) in [5, 5.41) is 6.70. The number of carbonyl (C=O) groups excluding carboxylic acids is 1. The zero-order valence-electron chi connectivity index (χ0n) is 11.6. The first-order chi connectivity index (χ1) is 10.1. The summed E-state index contributed by atoms with van der Waals surface area (Å²) in [4.78, 5) is 11.9. The number of amides is 1. The fraction of sp³-hybridized carbons (Fsp3) is 0.188. The van der Waals surface area contributed by atoms with E-state index in [1.165, 1.54) is 0 Å². The van der Waals surface area contributed by atoms with Crippen LogP contribution in [0.3, 0.4) is 0 Å². The highest BCUT2D eigenvalue weighted by molar-refractivity contribution is 9.10. The lowest BCUT2D eigenvalue weighted by atomic mass is 10.1. The molecule has 2 rings (SSSR count). The molecule has 0 heterocycles. The van der Waals surface area contributed by atoms with Gasteiger partial charge in [0.05, 0.1) is 6.54 Å². The van der Waals surface area contributed by atoms with E-state index >= 15 is 0 Å². The summed E-state index contributed by atoms with van der Waals surface area (Å²) in [6.45, 7) is 2.20. The van der Waals surface area contributed by atoms with Gasteiger partial charge in [-0.15, -0.1) is 0 Å². The van der Waals surface area contributed by atoms with E-state index < -0.39 is 0 Å². The Hall–Kier alpha value is -1.36. The third-order valence-electron chi connectivity index (χ3n) is 3.05. The zero-order valence-corrected chi connectivity index (χ0v) is 13.9. The second-order valence-corrected chi connectivity index (χ2v) is 6.01. The Labute approximate surface area is 137 Å². The van der Waals surface area contributed by atoms with Gasteiger partial charge >= 0.3 is 0 Å². The Balaban J connectivity index is 1.88. The topological polar surface area (TPSA) is 41.1 Å². The SMILES string of the molecule is C[C@@H](NCC(=O)Nc1cccc(Br)c1)c1ccccc1Cl. The molecule has 0 saturated carbocycles. The van der Waals surface area contributed by atoms with Crippen molar-refractivity contribution in [1.82, 2.24) is 5.32 Å². The molecule has 0 radical (unpaired) electrons. The maximum atomic E-state index is 11.9. The van der Waals surface area contributed by atoms with Crippen LogP contribution in [0.5, 0.6) is 0 Å². The van der Waals surface area contributed by atoms with Crippen molar-refractivity contribution < 1.29 is 4.79 Å². The number of nitrogens with one attached hydrogen (secondary N) is 2. The maximum absolute atomic E-state index is 11.9. The lowest BCUT2D eigenvalue weighted by Crippen LogP contribution is -2.30. The number of hydrogen-bond acceptors (Lipinski definition) is 2. The number of anilines is 1. The molecule has 1 atom stereocenters. The van der Waals surface area contributed by atoms with Crippen LogP contribution >= 0.6 is 27.5 Å². The smallest absolute Gasteiger partial charge is 0.238 e. The molecule has 0 saturated heterocycles. The average molecular weight is 368 g/mol. The lowest BCUT2D eigenvalue weighted by molar-refractivity contribution is -0.115. The normalized spacial score (nSPS) is 12.0. The van der Waals surface area contributed by atoms with Gasteiger partial charge in [-0.05, 0) is 36.8 Å². The van der Waals surface area contributed by atoms with Gasteiger partial charge in [0.25, 0.3) is 0 Å². The van der Waals surface area contributed by atoms with Crippen LogP contribution in [0, 0.1) is 0 Å². The summed E-state index contributed by atoms with van der Waals surface area (Å²) < 4.78 is 0.928. The number of carbonyl (C=O) groups is 1. The minimum atomic E-state index is -0.0907. The van der Waals surface area contributed by atoms with Crippen molar-refractivity contribution in [2.45, 2.75) is 13.0 Å². The van der Waals surface area contributed by atoms with Crippen molar-refractivity contribution in [1.29, 1.82) is 0 Å². The monoisotopic (exact) mass is 366 g/mol. The van der Waals surface area contributed by atoms with Crippen LogP contribution in [0.1, 0.15) is 18.5 Å². The molecule has 21 heavy (non-hydrogen) atoms. The van der Waals surface area contributed by atoms with Crippen molar-refractivity contribution >= 4 is 39.1 Å². The Morgan fingerprint density at radius 3 is 2.71 bits per heavy atom. The Bertz CT molecular complexity index is 633. The largest absolute Gasteiger partial charge is 0.325 e. The second-order valence-electron chi connectivity index (χ2n) is 4.68. The highest BCUT2D eigenvalue weighted by Gasteiger charge is 2.10. The summed E-state index contributed by atoms with van der Waals surface area (Å²) >= 11 is 9.51. The number of rotatable bonds is 5. The Kier molecular flexibility index (Phi) is 5.79. The molecule has 0 fully saturated rings. The molecule has 2 N–H and O–H groups in total. The van der Waals surface area contributed by atoms with E-state index in [1.54, 1.807) is 0 Å². The van der Waals surface area contributed by atoms with Crippen LogP contribution in [0.15, 0.2) is 53.0 Å². The molecule has 0 bridgehead atoms. The van der Waals surface area contributed by atoms with E-state index in [0.29, 0.717) is 5.02 Å². The molecule has 2 aromatic rings. The predicted molar refractivity (Wildman–Crippen MR) is 90.6 cm³/mol. The van der Waals surface area contributed by atoms with Crippen LogP contribution < -0.4 is 10.6 Å². The molecule has 0 aliphatic rings. The minimum absolute atomic E-state index is 0.00644. The van der Waals surface area contributed by atoms with Crippen molar-refractivity contribution in [3.63, 3.8) is 0 Å². The summed E-state index contributed by atoms with van der Waals surface area (Å²) in [5.41, 5.74) is 1.75. The van der Waals surface area contributed by atoms with Crippen LogP contribution in [0.4, 0.5) is 5.69 Å². The molecule has 1 amide bonds. The predicted octanol–water partition coefficient (Wildman–Crippen LogP) is 4.39. The molecular weight excluding hydrogens is 352 g/mol. The van der Waals surface area contributed by atoms with E-state index in [1.807, 2.05) is 55.5 Å². The van der Waals surface area contributed by atoms with Gasteiger partial charge in [0.15, 0.2) is 0 Å². The van der Waals surface area contributed by atoms with Crippen molar-refractivity contribution in [2.24, 2.45) is 0 Å². The minimum Gasteiger partial charge on any atom is -0.325 e. The van der Waals surface area contributed by atoms with Crippen molar-refractivity contribution in [3.05, 3.63) is 63.6 Å². The van der Waals surface area contributed by atoms with Crippen LogP contribution in [-0.2, 0) is 4.79 Å². The summed E-state index contributed by atoms with van der Waals surface area (Å²) in [6.07, 6.45) is 0. The highest BCUT2D eigenvalue weighted by atomic mass is 79.9. The zero-order chi connectivity index (χ0) is 15.2. The Morgan fingerprint density at radius 1 is 1.24 bits per heavy atom. The molecule has 5 heteroatoms. The summed E-state index contributed by atoms with van der Waals surface area (Å²) in [5.74, 6) is -0.0907. The van der Waals surface area contributed by atoms with Gasteiger partial charge in [0, 0.05) is 21.2 Å². The molecule has 0 aliphatic carbocycles. The van der Waals surface area contributed by atoms with E-state index in [2.05, 4.69) is 26.6 Å². The van der Waals surface area contributed by atoms with Crippen LogP contribution in [0.25, 0.3) is 0 Å². The van der Waals surface area contributed by atoms with Gasteiger partial charge in [-0.25, -0.2) is 0 Å². The first-order valence-electron chi connectivity index (χ1n) is 6.59.